The fourth-order valence-corrected chi connectivity index (χ4v) is 1.97. The summed E-state index contributed by atoms with van der Waals surface area (Å²) < 4.78 is 5.52. The zero-order valence-electron chi connectivity index (χ0n) is 12.1. The molecule has 1 saturated heterocycles. The highest BCUT2D eigenvalue weighted by Gasteiger charge is 2.15. The predicted octanol–water partition coefficient (Wildman–Crippen LogP) is 1.45. The van der Waals surface area contributed by atoms with Gasteiger partial charge in [0.25, 0.3) is 5.91 Å². The summed E-state index contributed by atoms with van der Waals surface area (Å²) in [4.78, 5) is 20.2. The smallest absolute Gasteiger partial charge is 0.270 e. The van der Waals surface area contributed by atoms with Crippen LogP contribution in [0.3, 0.4) is 0 Å². The summed E-state index contributed by atoms with van der Waals surface area (Å²) in [6, 6.07) is 1.62. The lowest BCUT2D eigenvalue weighted by molar-refractivity contribution is 0.0944. The van der Waals surface area contributed by atoms with Gasteiger partial charge in [-0.05, 0) is 24.8 Å². The van der Waals surface area contributed by atoms with E-state index in [-0.39, 0.29) is 12.0 Å². The van der Waals surface area contributed by atoms with E-state index in [2.05, 4.69) is 34.4 Å². The van der Waals surface area contributed by atoms with Gasteiger partial charge in [-0.15, -0.1) is 0 Å². The lowest BCUT2D eigenvalue weighted by Crippen LogP contribution is -2.28. The maximum atomic E-state index is 11.9. The van der Waals surface area contributed by atoms with Crippen LogP contribution in [0.4, 0.5) is 5.95 Å². The first-order valence-corrected chi connectivity index (χ1v) is 7.12. The van der Waals surface area contributed by atoms with Crippen molar-refractivity contribution < 1.29 is 9.53 Å². The van der Waals surface area contributed by atoms with E-state index in [0.29, 0.717) is 30.6 Å². The van der Waals surface area contributed by atoms with E-state index in [9.17, 15) is 4.79 Å². The molecule has 1 unspecified atom stereocenters. The average Bonchev–Trinajstić information content (AvgIpc) is 2.96. The number of hydrogen-bond acceptors (Lipinski definition) is 5. The number of nitrogens with one attached hydrogen (secondary N) is 2. The molecule has 1 aromatic heterocycles. The summed E-state index contributed by atoms with van der Waals surface area (Å²) in [6.07, 6.45) is 3.97. The molecule has 0 saturated carbocycles. The highest BCUT2D eigenvalue weighted by molar-refractivity contribution is 5.92. The first-order chi connectivity index (χ1) is 9.65. The highest BCUT2D eigenvalue weighted by Crippen LogP contribution is 2.12. The predicted molar refractivity (Wildman–Crippen MR) is 76.7 cm³/mol. The van der Waals surface area contributed by atoms with Gasteiger partial charge in [0.1, 0.15) is 5.69 Å². The van der Waals surface area contributed by atoms with Crippen LogP contribution in [0.5, 0.6) is 0 Å². The summed E-state index contributed by atoms with van der Waals surface area (Å²) >= 11 is 0. The van der Waals surface area contributed by atoms with Gasteiger partial charge in [-0.1, -0.05) is 13.8 Å². The number of aromatic nitrogens is 2. The van der Waals surface area contributed by atoms with Gasteiger partial charge >= 0.3 is 0 Å². The van der Waals surface area contributed by atoms with Gasteiger partial charge in [-0.3, -0.25) is 4.79 Å². The number of carbonyl (C=O) groups excluding carboxylic acids is 1. The molecule has 0 spiro atoms. The van der Waals surface area contributed by atoms with Crippen LogP contribution in [0, 0.1) is 5.92 Å². The number of hydrogen-bond donors (Lipinski definition) is 2. The van der Waals surface area contributed by atoms with Crippen molar-refractivity contribution in [3.63, 3.8) is 0 Å². The summed E-state index contributed by atoms with van der Waals surface area (Å²) in [6.45, 7) is 6.24. The first kappa shape index (κ1) is 14.7. The number of carbonyl (C=O) groups is 1. The molecule has 0 radical (unpaired) electrons. The molecule has 0 aliphatic carbocycles. The number of anilines is 1. The molecule has 2 rings (SSSR count). The molecule has 2 heterocycles. The molecule has 1 atom stereocenters. The normalized spacial score (nSPS) is 18.2. The molecule has 20 heavy (non-hydrogen) atoms. The Labute approximate surface area is 119 Å². The van der Waals surface area contributed by atoms with Crippen molar-refractivity contribution in [2.24, 2.45) is 5.92 Å². The van der Waals surface area contributed by atoms with E-state index in [1.807, 2.05) is 0 Å². The van der Waals surface area contributed by atoms with Crippen molar-refractivity contribution in [3.05, 3.63) is 18.0 Å². The molecule has 110 valence electrons. The number of rotatable bonds is 6. The molecule has 1 aromatic rings. The van der Waals surface area contributed by atoms with E-state index in [0.717, 1.165) is 19.4 Å². The molecular formula is C14H22N4O2. The zero-order chi connectivity index (χ0) is 14.4. The Bertz CT molecular complexity index is 445. The Hall–Kier alpha value is -1.69. The maximum Gasteiger partial charge on any atom is 0.270 e. The molecule has 1 aliphatic rings. The third kappa shape index (κ3) is 4.45. The monoisotopic (exact) mass is 278 g/mol. The van der Waals surface area contributed by atoms with Crippen molar-refractivity contribution in [1.29, 1.82) is 0 Å². The third-order valence-corrected chi connectivity index (χ3v) is 3.07. The van der Waals surface area contributed by atoms with Crippen LogP contribution in [-0.2, 0) is 4.74 Å². The molecule has 0 aromatic carbocycles. The van der Waals surface area contributed by atoms with Gasteiger partial charge in [0, 0.05) is 25.9 Å². The highest BCUT2D eigenvalue weighted by atomic mass is 16.5. The Morgan fingerprint density at radius 2 is 2.40 bits per heavy atom. The SMILES string of the molecule is CC(C)CNC(=O)c1ccnc(NCC2CCCO2)n1. The van der Waals surface area contributed by atoms with Gasteiger partial charge in [0.15, 0.2) is 0 Å². The molecule has 0 bridgehead atoms. The Balaban J connectivity index is 1.87. The van der Waals surface area contributed by atoms with Gasteiger partial charge in [0.05, 0.1) is 6.10 Å². The van der Waals surface area contributed by atoms with Gasteiger partial charge in [-0.2, -0.15) is 0 Å². The fraction of sp³-hybridized carbons (Fsp3) is 0.643. The van der Waals surface area contributed by atoms with Crippen LogP contribution < -0.4 is 10.6 Å². The van der Waals surface area contributed by atoms with E-state index in [1.165, 1.54) is 0 Å². The first-order valence-electron chi connectivity index (χ1n) is 7.12. The minimum absolute atomic E-state index is 0.165. The Kier molecular flexibility index (Phi) is 5.29. The van der Waals surface area contributed by atoms with Crippen LogP contribution in [0.25, 0.3) is 0 Å². The molecule has 2 N–H and O–H groups in total. The summed E-state index contributed by atoms with van der Waals surface area (Å²) in [5.74, 6) is 0.719. The number of amides is 1. The quantitative estimate of drug-likeness (QED) is 0.823. The lowest BCUT2D eigenvalue weighted by atomic mass is 10.2. The summed E-state index contributed by atoms with van der Waals surface area (Å²) in [7, 11) is 0. The third-order valence-electron chi connectivity index (χ3n) is 3.07. The Morgan fingerprint density at radius 3 is 3.10 bits per heavy atom. The Morgan fingerprint density at radius 1 is 1.55 bits per heavy atom. The molecule has 6 heteroatoms. The van der Waals surface area contributed by atoms with E-state index < -0.39 is 0 Å². The number of nitrogens with zero attached hydrogens (tertiary/aromatic N) is 2. The van der Waals surface area contributed by atoms with Crippen molar-refractivity contribution in [2.45, 2.75) is 32.8 Å². The molecule has 6 nitrogen and oxygen atoms in total. The van der Waals surface area contributed by atoms with Gasteiger partial charge in [-0.25, -0.2) is 9.97 Å². The second-order valence-corrected chi connectivity index (χ2v) is 5.39. The van der Waals surface area contributed by atoms with E-state index in [1.54, 1.807) is 12.3 Å². The van der Waals surface area contributed by atoms with Crippen LogP contribution in [0.2, 0.25) is 0 Å². The second kappa shape index (κ2) is 7.19. The zero-order valence-corrected chi connectivity index (χ0v) is 12.1. The van der Waals surface area contributed by atoms with Crippen molar-refractivity contribution in [3.8, 4) is 0 Å². The van der Waals surface area contributed by atoms with Crippen LogP contribution in [0.1, 0.15) is 37.2 Å². The topological polar surface area (TPSA) is 76.1 Å². The van der Waals surface area contributed by atoms with Crippen LogP contribution >= 0.6 is 0 Å². The second-order valence-electron chi connectivity index (χ2n) is 5.39. The van der Waals surface area contributed by atoms with Crippen molar-refractivity contribution in [2.75, 3.05) is 25.0 Å². The standard InChI is InChI=1S/C14H22N4O2/c1-10(2)8-16-13(19)12-5-6-15-14(18-12)17-9-11-4-3-7-20-11/h5-6,10-11H,3-4,7-9H2,1-2H3,(H,16,19)(H,15,17,18). The summed E-state index contributed by atoms with van der Waals surface area (Å²) in [5, 5.41) is 5.96. The molecule has 1 fully saturated rings. The fourth-order valence-electron chi connectivity index (χ4n) is 1.97. The maximum absolute atomic E-state index is 11.9. The van der Waals surface area contributed by atoms with Gasteiger partial charge in [0.2, 0.25) is 5.95 Å². The molecular weight excluding hydrogens is 256 g/mol. The average molecular weight is 278 g/mol. The van der Waals surface area contributed by atoms with E-state index >= 15 is 0 Å². The minimum Gasteiger partial charge on any atom is -0.376 e. The van der Waals surface area contributed by atoms with E-state index in [4.69, 9.17) is 4.74 Å². The van der Waals surface area contributed by atoms with Crippen LogP contribution in [-0.4, -0.2) is 41.7 Å². The number of ether oxygens (including phenoxy) is 1. The van der Waals surface area contributed by atoms with Crippen molar-refractivity contribution in [1.82, 2.24) is 15.3 Å². The largest absolute Gasteiger partial charge is 0.376 e. The molecule has 1 amide bonds. The van der Waals surface area contributed by atoms with Crippen LogP contribution in [0.15, 0.2) is 12.3 Å². The lowest BCUT2D eigenvalue weighted by Gasteiger charge is -2.11. The van der Waals surface area contributed by atoms with Crippen molar-refractivity contribution >= 4 is 11.9 Å². The summed E-state index contributed by atoms with van der Waals surface area (Å²) in [5.41, 5.74) is 0.385. The van der Waals surface area contributed by atoms with Gasteiger partial charge < -0.3 is 15.4 Å². The molecule has 1 aliphatic heterocycles. The minimum atomic E-state index is -0.165.